The summed E-state index contributed by atoms with van der Waals surface area (Å²) in [5, 5.41) is 4.40. The van der Waals surface area contributed by atoms with E-state index in [0.717, 1.165) is 60.5 Å². The average Bonchev–Trinajstić information content (AvgIpc) is 2.89. The van der Waals surface area contributed by atoms with Gasteiger partial charge < -0.3 is 14.8 Å². The molecule has 1 aromatic carbocycles. The number of rotatable bonds is 6. The molecule has 22 heavy (non-hydrogen) atoms. The summed E-state index contributed by atoms with van der Waals surface area (Å²) >= 11 is 1.68. The molecule has 0 bridgehead atoms. The minimum atomic E-state index is 0.191. The Labute approximate surface area is 135 Å². The predicted molar refractivity (Wildman–Crippen MR) is 91.1 cm³/mol. The maximum Gasteiger partial charge on any atom is 0.183 e. The summed E-state index contributed by atoms with van der Waals surface area (Å²) in [4.78, 5) is 7.04. The van der Waals surface area contributed by atoms with Gasteiger partial charge in [0.05, 0.1) is 29.5 Å². The van der Waals surface area contributed by atoms with Crippen molar-refractivity contribution in [2.24, 2.45) is 0 Å². The van der Waals surface area contributed by atoms with Crippen LogP contribution in [0.2, 0.25) is 0 Å². The lowest BCUT2D eigenvalue weighted by Gasteiger charge is -2.26. The second-order valence-corrected chi connectivity index (χ2v) is 6.73. The molecule has 0 aliphatic carbocycles. The van der Waals surface area contributed by atoms with Gasteiger partial charge >= 0.3 is 0 Å². The molecular weight excluding hydrogens is 298 g/mol. The first-order valence-corrected chi connectivity index (χ1v) is 8.63. The molecule has 1 fully saturated rings. The van der Waals surface area contributed by atoms with E-state index in [1.54, 1.807) is 11.3 Å². The first-order valence-electron chi connectivity index (χ1n) is 7.82. The van der Waals surface area contributed by atoms with Gasteiger partial charge in [0.15, 0.2) is 5.13 Å². The fourth-order valence-electron chi connectivity index (χ4n) is 2.47. The van der Waals surface area contributed by atoms with E-state index in [-0.39, 0.29) is 6.10 Å². The summed E-state index contributed by atoms with van der Waals surface area (Å²) in [7, 11) is 0. The zero-order valence-electron chi connectivity index (χ0n) is 13.2. The first-order chi connectivity index (χ1) is 10.7. The van der Waals surface area contributed by atoms with Crippen molar-refractivity contribution in [1.29, 1.82) is 0 Å². The van der Waals surface area contributed by atoms with E-state index < -0.39 is 0 Å². The number of morpholine rings is 1. The standard InChI is InChI=1S/C16H23N3O2S/c1-12(2)21-13-3-4-14-15(11-13)22-16(18-14)17-5-6-19-7-9-20-10-8-19/h3-4,11-12H,5-10H2,1-2H3,(H,17,18). The number of ether oxygens (including phenoxy) is 2. The molecule has 0 spiro atoms. The monoisotopic (exact) mass is 321 g/mol. The summed E-state index contributed by atoms with van der Waals surface area (Å²) in [6.07, 6.45) is 0.191. The van der Waals surface area contributed by atoms with Crippen LogP contribution in [0.25, 0.3) is 10.2 Å². The van der Waals surface area contributed by atoms with Gasteiger partial charge in [0, 0.05) is 26.2 Å². The first kappa shape index (κ1) is 15.5. The van der Waals surface area contributed by atoms with Gasteiger partial charge in [0.2, 0.25) is 0 Å². The molecule has 0 radical (unpaired) electrons. The minimum Gasteiger partial charge on any atom is -0.491 e. The fraction of sp³-hybridized carbons (Fsp3) is 0.562. The number of hydrogen-bond acceptors (Lipinski definition) is 6. The van der Waals surface area contributed by atoms with Crippen LogP contribution in [0.4, 0.5) is 5.13 Å². The van der Waals surface area contributed by atoms with E-state index in [1.807, 2.05) is 26.0 Å². The van der Waals surface area contributed by atoms with Crippen LogP contribution in [-0.2, 0) is 4.74 Å². The minimum absolute atomic E-state index is 0.191. The molecular formula is C16H23N3O2S. The lowest BCUT2D eigenvalue weighted by Crippen LogP contribution is -2.38. The van der Waals surface area contributed by atoms with Crippen LogP contribution in [0.3, 0.4) is 0 Å². The maximum absolute atomic E-state index is 5.73. The van der Waals surface area contributed by atoms with Crippen LogP contribution in [0.15, 0.2) is 18.2 Å². The summed E-state index contributed by atoms with van der Waals surface area (Å²) in [5.41, 5.74) is 1.02. The third kappa shape index (κ3) is 4.09. The number of aromatic nitrogens is 1. The molecule has 3 rings (SSSR count). The number of nitrogens with one attached hydrogen (secondary N) is 1. The third-order valence-corrected chi connectivity index (χ3v) is 4.52. The van der Waals surface area contributed by atoms with Crippen molar-refractivity contribution in [3.8, 4) is 5.75 Å². The summed E-state index contributed by atoms with van der Waals surface area (Å²) < 4.78 is 12.2. The van der Waals surface area contributed by atoms with Gasteiger partial charge in [0.25, 0.3) is 0 Å². The Kier molecular flexibility index (Phi) is 5.12. The molecule has 1 aromatic heterocycles. The number of benzene rings is 1. The molecule has 2 heterocycles. The lowest BCUT2D eigenvalue weighted by molar-refractivity contribution is 0.0398. The highest BCUT2D eigenvalue weighted by atomic mass is 32.1. The molecule has 6 heteroatoms. The van der Waals surface area contributed by atoms with Crippen LogP contribution >= 0.6 is 11.3 Å². The number of fused-ring (bicyclic) bond motifs is 1. The van der Waals surface area contributed by atoms with Gasteiger partial charge in [-0.3, -0.25) is 4.90 Å². The quantitative estimate of drug-likeness (QED) is 0.886. The third-order valence-electron chi connectivity index (χ3n) is 3.54. The van der Waals surface area contributed by atoms with Gasteiger partial charge in [-0.1, -0.05) is 11.3 Å². The van der Waals surface area contributed by atoms with Gasteiger partial charge in [-0.2, -0.15) is 0 Å². The predicted octanol–water partition coefficient (Wildman–Crippen LogP) is 2.83. The number of hydrogen-bond donors (Lipinski definition) is 1. The number of nitrogens with zero attached hydrogens (tertiary/aromatic N) is 2. The van der Waals surface area contributed by atoms with Crippen LogP contribution in [0, 0.1) is 0 Å². The van der Waals surface area contributed by atoms with E-state index >= 15 is 0 Å². The SMILES string of the molecule is CC(C)Oc1ccc2nc(NCCN3CCOCC3)sc2c1. The van der Waals surface area contributed by atoms with E-state index in [1.165, 1.54) is 0 Å². The molecule has 0 amide bonds. The Bertz CT molecular complexity index is 608. The second kappa shape index (κ2) is 7.26. The van der Waals surface area contributed by atoms with Crippen LogP contribution < -0.4 is 10.1 Å². The molecule has 1 saturated heterocycles. The fourth-order valence-corrected chi connectivity index (χ4v) is 3.39. The van der Waals surface area contributed by atoms with Gasteiger partial charge in [-0.05, 0) is 32.0 Å². The molecule has 1 N–H and O–H groups in total. The lowest BCUT2D eigenvalue weighted by atomic mass is 10.3. The van der Waals surface area contributed by atoms with Gasteiger partial charge in [0.1, 0.15) is 5.75 Å². The molecule has 5 nitrogen and oxygen atoms in total. The molecule has 0 atom stereocenters. The summed E-state index contributed by atoms with van der Waals surface area (Å²) in [6, 6.07) is 6.08. The van der Waals surface area contributed by atoms with E-state index in [9.17, 15) is 0 Å². The Balaban J connectivity index is 1.57. The van der Waals surface area contributed by atoms with Crippen LogP contribution in [0.1, 0.15) is 13.8 Å². The zero-order valence-corrected chi connectivity index (χ0v) is 14.0. The highest BCUT2D eigenvalue weighted by Crippen LogP contribution is 2.29. The molecule has 1 aliphatic heterocycles. The van der Waals surface area contributed by atoms with Crippen LogP contribution in [0.5, 0.6) is 5.75 Å². The number of thiazole rings is 1. The molecule has 0 saturated carbocycles. The zero-order chi connectivity index (χ0) is 15.4. The highest BCUT2D eigenvalue weighted by molar-refractivity contribution is 7.22. The van der Waals surface area contributed by atoms with Crippen molar-refractivity contribution >= 4 is 26.7 Å². The van der Waals surface area contributed by atoms with E-state index in [0.29, 0.717) is 0 Å². The van der Waals surface area contributed by atoms with Gasteiger partial charge in [-0.15, -0.1) is 0 Å². The van der Waals surface area contributed by atoms with Crippen molar-refractivity contribution in [2.45, 2.75) is 20.0 Å². The Morgan fingerprint density at radius 2 is 2.18 bits per heavy atom. The molecule has 120 valence electrons. The van der Waals surface area contributed by atoms with E-state index in [4.69, 9.17) is 9.47 Å². The molecule has 0 unspecified atom stereocenters. The Morgan fingerprint density at radius 3 is 2.95 bits per heavy atom. The van der Waals surface area contributed by atoms with Crippen molar-refractivity contribution in [1.82, 2.24) is 9.88 Å². The van der Waals surface area contributed by atoms with Crippen LogP contribution in [-0.4, -0.2) is 55.4 Å². The Hall–Kier alpha value is -1.37. The normalized spacial score (nSPS) is 16.3. The average molecular weight is 321 g/mol. The topological polar surface area (TPSA) is 46.6 Å². The highest BCUT2D eigenvalue weighted by Gasteiger charge is 2.10. The van der Waals surface area contributed by atoms with Crippen molar-refractivity contribution < 1.29 is 9.47 Å². The number of anilines is 1. The summed E-state index contributed by atoms with van der Waals surface area (Å²) in [6.45, 7) is 9.76. The maximum atomic E-state index is 5.73. The van der Waals surface area contributed by atoms with Crippen molar-refractivity contribution in [3.63, 3.8) is 0 Å². The Morgan fingerprint density at radius 1 is 1.36 bits per heavy atom. The smallest absolute Gasteiger partial charge is 0.183 e. The van der Waals surface area contributed by atoms with Crippen molar-refractivity contribution in [3.05, 3.63) is 18.2 Å². The second-order valence-electron chi connectivity index (χ2n) is 5.70. The molecule has 2 aromatic rings. The van der Waals surface area contributed by atoms with Crippen molar-refractivity contribution in [2.75, 3.05) is 44.7 Å². The molecule has 1 aliphatic rings. The summed E-state index contributed by atoms with van der Waals surface area (Å²) in [5.74, 6) is 0.908. The van der Waals surface area contributed by atoms with E-state index in [2.05, 4.69) is 21.3 Å². The van der Waals surface area contributed by atoms with Gasteiger partial charge in [-0.25, -0.2) is 4.98 Å². The largest absolute Gasteiger partial charge is 0.491 e.